The van der Waals surface area contributed by atoms with Crippen molar-refractivity contribution in [2.75, 3.05) is 31.5 Å². The summed E-state index contributed by atoms with van der Waals surface area (Å²) < 4.78 is 0. The number of hydrogen-bond acceptors (Lipinski definition) is 3. The molecule has 0 saturated carbocycles. The van der Waals surface area contributed by atoms with Crippen molar-refractivity contribution in [3.8, 4) is 0 Å². The van der Waals surface area contributed by atoms with E-state index in [-0.39, 0.29) is 18.3 Å². The normalized spacial score (nSPS) is 18.9. The summed E-state index contributed by atoms with van der Waals surface area (Å²) in [6, 6.07) is 7.17. The lowest BCUT2D eigenvalue weighted by molar-refractivity contribution is -0.117. The van der Waals surface area contributed by atoms with E-state index in [0.29, 0.717) is 17.5 Å². The van der Waals surface area contributed by atoms with Gasteiger partial charge in [-0.25, -0.2) is 0 Å². The predicted octanol–water partition coefficient (Wildman–Crippen LogP) is 2.76. The first-order chi connectivity index (χ1) is 9.67. The van der Waals surface area contributed by atoms with Crippen molar-refractivity contribution in [2.24, 2.45) is 11.7 Å². The molecule has 0 aliphatic carbocycles. The maximum absolute atomic E-state index is 12.0. The van der Waals surface area contributed by atoms with Crippen LogP contribution >= 0.6 is 24.0 Å². The average molecular weight is 332 g/mol. The standard InChI is InChI=1S/C15H22ClN3O.ClH/c16-13-3-5-14(6-4-13)18-15(20)11-19-9-1-2-12(10-19)7-8-17;/h3-6,12H,1-2,7-11,17H2,(H,18,20);1H. The molecule has 1 aliphatic heterocycles. The van der Waals surface area contributed by atoms with E-state index < -0.39 is 0 Å². The molecule has 118 valence electrons. The van der Waals surface area contributed by atoms with Crippen LogP contribution in [0.25, 0.3) is 0 Å². The van der Waals surface area contributed by atoms with Crippen molar-refractivity contribution in [2.45, 2.75) is 19.3 Å². The number of carbonyl (C=O) groups is 1. The van der Waals surface area contributed by atoms with Gasteiger partial charge in [-0.15, -0.1) is 12.4 Å². The molecule has 1 aliphatic rings. The van der Waals surface area contributed by atoms with Gasteiger partial charge in [0, 0.05) is 17.3 Å². The summed E-state index contributed by atoms with van der Waals surface area (Å²) in [5.74, 6) is 0.665. The van der Waals surface area contributed by atoms with Gasteiger partial charge in [-0.2, -0.15) is 0 Å². The summed E-state index contributed by atoms with van der Waals surface area (Å²) in [6.45, 7) is 3.15. The minimum atomic E-state index is 0. The van der Waals surface area contributed by atoms with Crippen LogP contribution in [-0.4, -0.2) is 37.0 Å². The number of nitrogens with two attached hydrogens (primary N) is 1. The molecule has 1 aromatic carbocycles. The molecule has 0 spiro atoms. The second kappa shape index (κ2) is 9.26. The molecule has 1 atom stereocenters. The van der Waals surface area contributed by atoms with Gasteiger partial charge >= 0.3 is 0 Å². The molecule has 4 nitrogen and oxygen atoms in total. The van der Waals surface area contributed by atoms with Crippen LogP contribution in [0.15, 0.2) is 24.3 Å². The van der Waals surface area contributed by atoms with E-state index in [9.17, 15) is 4.79 Å². The van der Waals surface area contributed by atoms with Gasteiger partial charge in [0.05, 0.1) is 6.54 Å². The number of likely N-dealkylation sites (tertiary alicyclic amines) is 1. The lowest BCUT2D eigenvalue weighted by Gasteiger charge is -2.32. The van der Waals surface area contributed by atoms with Crippen LogP contribution in [0, 0.1) is 5.92 Å². The van der Waals surface area contributed by atoms with Crippen molar-refractivity contribution in [1.29, 1.82) is 0 Å². The second-order valence-electron chi connectivity index (χ2n) is 5.38. The zero-order chi connectivity index (χ0) is 14.4. The van der Waals surface area contributed by atoms with Gasteiger partial charge in [-0.1, -0.05) is 11.6 Å². The first kappa shape index (κ1) is 18.2. The molecule has 1 fully saturated rings. The van der Waals surface area contributed by atoms with E-state index in [0.717, 1.165) is 38.2 Å². The Morgan fingerprint density at radius 1 is 1.38 bits per heavy atom. The van der Waals surface area contributed by atoms with Gasteiger partial charge in [0.25, 0.3) is 0 Å². The minimum absolute atomic E-state index is 0. The zero-order valence-electron chi connectivity index (χ0n) is 12.1. The highest BCUT2D eigenvalue weighted by Crippen LogP contribution is 2.19. The Bertz CT molecular complexity index is 437. The number of halogens is 2. The van der Waals surface area contributed by atoms with E-state index >= 15 is 0 Å². The smallest absolute Gasteiger partial charge is 0.238 e. The van der Waals surface area contributed by atoms with Gasteiger partial charge in [0.1, 0.15) is 0 Å². The summed E-state index contributed by atoms with van der Waals surface area (Å²) in [5, 5.41) is 3.57. The highest BCUT2D eigenvalue weighted by atomic mass is 35.5. The molecule has 1 saturated heterocycles. The fourth-order valence-electron chi connectivity index (χ4n) is 2.70. The van der Waals surface area contributed by atoms with Gasteiger partial charge in [0.15, 0.2) is 0 Å². The largest absolute Gasteiger partial charge is 0.330 e. The summed E-state index contributed by atoms with van der Waals surface area (Å²) in [5.41, 5.74) is 6.40. The lowest BCUT2D eigenvalue weighted by Crippen LogP contribution is -2.40. The Kier molecular flexibility index (Phi) is 8.04. The number of piperidine rings is 1. The Balaban J connectivity index is 0.00000220. The number of anilines is 1. The van der Waals surface area contributed by atoms with E-state index in [1.807, 2.05) is 12.1 Å². The molecule has 0 aromatic heterocycles. The van der Waals surface area contributed by atoms with Gasteiger partial charge in [0.2, 0.25) is 5.91 Å². The van der Waals surface area contributed by atoms with Gasteiger partial charge in [-0.05, 0) is 62.5 Å². The summed E-state index contributed by atoms with van der Waals surface area (Å²) in [6.07, 6.45) is 3.43. The van der Waals surface area contributed by atoms with Crippen molar-refractivity contribution < 1.29 is 4.79 Å². The Hall–Kier alpha value is -0.810. The third kappa shape index (κ3) is 6.22. The Labute approximate surface area is 137 Å². The van der Waals surface area contributed by atoms with E-state index in [1.54, 1.807) is 12.1 Å². The van der Waals surface area contributed by atoms with Crippen molar-refractivity contribution >= 4 is 35.6 Å². The molecule has 1 amide bonds. The van der Waals surface area contributed by atoms with Gasteiger partial charge < -0.3 is 11.1 Å². The van der Waals surface area contributed by atoms with Crippen LogP contribution in [0.5, 0.6) is 0 Å². The third-order valence-corrected chi connectivity index (χ3v) is 3.93. The summed E-state index contributed by atoms with van der Waals surface area (Å²) in [7, 11) is 0. The number of nitrogens with zero attached hydrogens (tertiary/aromatic N) is 1. The maximum atomic E-state index is 12.0. The highest BCUT2D eigenvalue weighted by molar-refractivity contribution is 6.30. The molecule has 1 unspecified atom stereocenters. The van der Waals surface area contributed by atoms with E-state index in [2.05, 4.69) is 10.2 Å². The molecule has 6 heteroatoms. The fourth-order valence-corrected chi connectivity index (χ4v) is 2.83. The molecule has 0 radical (unpaired) electrons. The highest BCUT2D eigenvalue weighted by Gasteiger charge is 2.20. The van der Waals surface area contributed by atoms with Crippen molar-refractivity contribution in [3.63, 3.8) is 0 Å². The maximum Gasteiger partial charge on any atom is 0.238 e. The second-order valence-corrected chi connectivity index (χ2v) is 5.81. The zero-order valence-corrected chi connectivity index (χ0v) is 13.6. The number of carbonyl (C=O) groups excluding carboxylic acids is 1. The van der Waals surface area contributed by atoms with Crippen LogP contribution in [0.3, 0.4) is 0 Å². The van der Waals surface area contributed by atoms with Crippen LogP contribution < -0.4 is 11.1 Å². The van der Waals surface area contributed by atoms with Crippen LogP contribution in [0.1, 0.15) is 19.3 Å². The minimum Gasteiger partial charge on any atom is -0.330 e. The SMILES string of the molecule is Cl.NCCC1CCCN(CC(=O)Nc2ccc(Cl)cc2)C1. The van der Waals surface area contributed by atoms with Gasteiger partial charge in [-0.3, -0.25) is 9.69 Å². The number of rotatable bonds is 5. The molecular formula is C15H23Cl2N3O. The molecule has 2 rings (SSSR count). The number of nitrogens with one attached hydrogen (secondary N) is 1. The molecule has 21 heavy (non-hydrogen) atoms. The van der Waals surface area contributed by atoms with Crippen LogP contribution in [0.2, 0.25) is 5.02 Å². The van der Waals surface area contributed by atoms with Crippen molar-refractivity contribution in [1.82, 2.24) is 4.90 Å². The van der Waals surface area contributed by atoms with E-state index in [4.69, 9.17) is 17.3 Å². The number of hydrogen-bond donors (Lipinski definition) is 2. The monoisotopic (exact) mass is 331 g/mol. The quantitative estimate of drug-likeness (QED) is 0.872. The number of amides is 1. The lowest BCUT2D eigenvalue weighted by atomic mass is 9.95. The molecule has 0 bridgehead atoms. The Morgan fingerprint density at radius 2 is 2.10 bits per heavy atom. The first-order valence-corrected chi connectivity index (χ1v) is 7.53. The van der Waals surface area contributed by atoms with Crippen LogP contribution in [-0.2, 0) is 4.79 Å². The predicted molar refractivity (Wildman–Crippen MR) is 90.2 cm³/mol. The molecular weight excluding hydrogens is 309 g/mol. The summed E-state index contributed by atoms with van der Waals surface area (Å²) in [4.78, 5) is 14.2. The molecule has 3 N–H and O–H groups in total. The molecule has 1 aromatic rings. The van der Waals surface area contributed by atoms with Crippen LogP contribution in [0.4, 0.5) is 5.69 Å². The molecule has 1 heterocycles. The number of benzene rings is 1. The average Bonchev–Trinajstić information content (AvgIpc) is 2.42. The Morgan fingerprint density at radius 3 is 2.76 bits per heavy atom. The summed E-state index contributed by atoms with van der Waals surface area (Å²) >= 11 is 5.82. The van der Waals surface area contributed by atoms with Crippen molar-refractivity contribution in [3.05, 3.63) is 29.3 Å². The fraction of sp³-hybridized carbons (Fsp3) is 0.533. The van der Waals surface area contributed by atoms with E-state index in [1.165, 1.54) is 6.42 Å². The first-order valence-electron chi connectivity index (χ1n) is 7.15. The third-order valence-electron chi connectivity index (χ3n) is 3.67. The topological polar surface area (TPSA) is 58.4 Å².